The normalized spacial score (nSPS) is 15.6. The zero-order chi connectivity index (χ0) is 16.5. The number of hydrogen-bond acceptors (Lipinski definition) is 4. The van der Waals surface area contributed by atoms with E-state index in [1.807, 2.05) is 12.1 Å². The van der Waals surface area contributed by atoms with E-state index in [1.165, 1.54) is 5.56 Å². The number of carbonyl (C=O) groups excluding carboxylic acids is 1. The first-order valence-corrected chi connectivity index (χ1v) is 8.57. The molecular weight excluding hydrogens is 290 g/mol. The van der Waals surface area contributed by atoms with Gasteiger partial charge in [0.15, 0.2) is 0 Å². The van der Waals surface area contributed by atoms with E-state index in [0.717, 1.165) is 38.5 Å². The lowest BCUT2D eigenvalue weighted by molar-refractivity contribution is -0.121. The first-order chi connectivity index (χ1) is 11.1. The standard InChI is InChI=1S/C18H29N3O2/c1-15(2)16-3-5-17(6-4-16)23-14-7-18(22)20-10-13-21-11-8-19-9-12-21/h3-6,15,19H,7-14H2,1-2H3,(H,20,22). The monoisotopic (exact) mass is 319 g/mol. The van der Waals surface area contributed by atoms with Gasteiger partial charge in [-0.1, -0.05) is 26.0 Å². The van der Waals surface area contributed by atoms with Crippen LogP contribution in [0.3, 0.4) is 0 Å². The van der Waals surface area contributed by atoms with E-state index in [-0.39, 0.29) is 5.91 Å². The minimum absolute atomic E-state index is 0.0546. The molecule has 5 nitrogen and oxygen atoms in total. The van der Waals surface area contributed by atoms with Crippen LogP contribution < -0.4 is 15.4 Å². The highest BCUT2D eigenvalue weighted by Gasteiger charge is 2.09. The lowest BCUT2D eigenvalue weighted by Crippen LogP contribution is -2.46. The molecule has 0 saturated carbocycles. The largest absolute Gasteiger partial charge is 0.493 e. The van der Waals surface area contributed by atoms with Crippen molar-refractivity contribution in [3.05, 3.63) is 29.8 Å². The van der Waals surface area contributed by atoms with E-state index in [9.17, 15) is 4.79 Å². The number of nitrogens with zero attached hydrogens (tertiary/aromatic N) is 1. The van der Waals surface area contributed by atoms with E-state index in [0.29, 0.717) is 25.5 Å². The second-order valence-corrected chi connectivity index (χ2v) is 6.26. The second-order valence-electron chi connectivity index (χ2n) is 6.26. The summed E-state index contributed by atoms with van der Waals surface area (Å²) in [4.78, 5) is 14.2. The van der Waals surface area contributed by atoms with E-state index in [1.54, 1.807) is 0 Å². The summed E-state index contributed by atoms with van der Waals surface area (Å²) in [6.07, 6.45) is 0.396. The van der Waals surface area contributed by atoms with Crippen LogP contribution in [0.1, 0.15) is 31.7 Å². The average molecular weight is 319 g/mol. The molecule has 1 amide bonds. The van der Waals surface area contributed by atoms with Crippen molar-refractivity contribution in [1.82, 2.24) is 15.5 Å². The van der Waals surface area contributed by atoms with Crippen LogP contribution in [0.15, 0.2) is 24.3 Å². The predicted octanol–water partition coefficient (Wildman–Crippen LogP) is 1.60. The van der Waals surface area contributed by atoms with Crippen LogP contribution in [-0.4, -0.2) is 56.7 Å². The van der Waals surface area contributed by atoms with Crippen molar-refractivity contribution in [3.8, 4) is 5.75 Å². The van der Waals surface area contributed by atoms with Gasteiger partial charge in [-0.2, -0.15) is 0 Å². The number of benzene rings is 1. The molecule has 2 N–H and O–H groups in total. The molecule has 1 aliphatic heterocycles. The van der Waals surface area contributed by atoms with E-state index >= 15 is 0 Å². The maximum absolute atomic E-state index is 11.8. The molecule has 0 spiro atoms. The van der Waals surface area contributed by atoms with Crippen LogP contribution in [0.2, 0.25) is 0 Å². The quantitative estimate of drug-likeness (QED) is 0.764. The molecule has 1 saturated heterocycles. The minimum atomic E-state index is 0.0546. The fraction of sp³-hybridized carbons (Fsp3) is 0.611. The van der Waals surface area contributed by atoms with Crippen molar-refractivity contribution in [2.75, 3.05) is 45.9 Å². The molecule has 0 unspecified atom stereocenters. The summed E-state index contributed by atoms with van der Waals surface area (Å²) < 4.78 is 5.63. The van der Waals surface area contributed by atoms with Gasteiger partial charge < -0.3 is 15.4 Å². The van der Waals surface area contributed by atoms with Gasteiger partial charge in [0.05, 0.1) is 13.0 Å². The fourth-order valence-electron chi connectivity index (χ4n) is 2.59. The van der Waals surface area contributed by atoms with Gasteiger partial charge in [0.25, 0.3) is 0 Å². The second kappa shape index (κ2) is 9.53. The van der Waals surface area contributed by atoms with E-state index in [4.69, 9.17) is 4.74 Å². The van der Waals surface area contributed by atoms with Crippen molar-refractivity contribution in [2.45, 2.75) is 26.2 Å². The SMILES string of the molecule is CC(C)c1ccc(OCCC(=O)NCCN2CCNCC2)cc1. The Morgan fingerprint density at radius 2 is 1.96 bits per heavy atom. The minimum Gasteiger partial charge on any atom is -0.493 e. The van der Waals surface area contributed by atoms with Crippen molar-refractivity contribution in [1.29, 1.82) is 0 Å². The third-order valence-electron chi connectivity index (χ3n) is 4.10. The van der Waals surface area contributed by atoms with E-state index < -0.39 is 0 Å². The highest BCUT2D eigenvalue weighted by atomic mass is 16.5. The Morgan fingerprint density at radius 1 is 1.26 bits per heavy atom. The van der Waals surface area contributed by atoms with Gasteiger partial charge in [-0.25, -0.2) is 0 Å². The Hall–Kier alpha value is -1.59. The van der Waals surface area contributed by atoms with Gasteiger partial charge in [0.2, 0.25) is 5.91 Å². The van der Waals surface area contributed by atoms with Crippen LogP contribution >= 0.6 is 0 Å². The Labute approximate surface area is 139 Å². The highest BCUT2D eigenvalue weighted by molar-refractivity contribution is 5.75. The zero-order valence-electron chi connectivity index (χ0n) is 14.3. The first-order valence-electron chi connectivity index (χ1n) is 8.57. The third-order valence-corrected chi connectivity index (χ3v) is 4.10. The molecule has 1 fully saturated rings. The summed E-state index contributed by atoms with van der Waals surface area (Å²) in [7, 11) is 0. The van der Waals surface area contributed by atoms with Gasteiger partial charge in [0, 0.05) is 39.3 Å². The smallest absolute Gasteiger partial charge is 0.223 e. The average Bonchev–Trinajstić information content (AvgIpc) is 2.56. The lowest BCUT2D eigenvalue weighted by atomic mass is 10.0. The van der Waals surface area contributed by atoms with Crippen molar-refractivity contribution in [2.24, 2.45) is 0 Å². The summed E-state index contributed by atoms with van der Waals surface area (Å²) >= 11 is 0. The van der Waals surface area contributed by atoms with Gasteiger partial charge in [-0.05, 0) is 23.6 Å². The van der Waals surface area contributed by atoms with Gasteiger partial charge in [0.1, 0.15) is 5.75 Å². The van der Waals surface area contributed by atoms with E-state index in [2.05, 4.69) is 41.5 Å². The number of ether oxygens (including phenoxy) is 1. The molecule has 2 rings (SSSR count). The third kappa shape index (κ3) is 6.59. The van der Waals surface area contributed by atoms with Crippen LogP contribution in [-0.2, 0) is 4.79 Å². The van der Waals surface area contributed by atoms with Crippen LogP contribution in [0.5, 0.6) is 5.75 Å². The molecule has 0 bridgehead atoms. The van der Waals surface area contributed by atoms with Gasteiger partial charge in [-0.15, -0.1) is 0 Å². The molecule has 1 aromatic rings. The fourth-order valence-corrected chi connectivity index (χ4v) is 2.59. The molecular formula is C18H29N3O2. The predicted molar refractivity (Wildman–Crippen MR) is 93.0 cm³/mol. The Balaban J connectivity index is 1.57. The molecule has 128 valence electrons. The summed E-state index contributed by atoms with van der Waals surface area (Å²) in [6.45, 7) is 10.6. The van der Waals surface area contributed by atoms with Crippen LogP contribution in [0.25, 0.3) is 0 Å². The number of rotatable bonds is 8. The molecule has 0 aromatic heterocycles. The summed E-state index contributed by atoms with van der Waals surface area (Å²) in [6, 6.07) is 8.09. The summed E-state index contributed by atoms with van der Waals surface area (Å²) in [5, 5.41) is 6.28. The molecule has 23 heavy (non-hydrogen) atoms. The summed E-state index contributed by atoms with van der Waals surface area (Å²) in [5.74, 6) is 1.40. The van der Waals surface area contributed by atoms with Gasteiger partial charge >= 0.3 is 0 Å². The van der Waals surface area contributed by atoms with Crippen molar-refractivity contribution in [3.63, 3.8) is 0 Å². The maximum Gasteiger partial charge on any atom is 0.223 e. The molecule has 1 aromatic carbocycles. The molecule has 1 heterocycles. The Kier molecular flexibility index (Phi) is 7.36. The molecule has 5 heteroatoms. The lowest BCUT2D eigenvalue weighted by Gasteiger charge is -2.27. The highest BCUT2D eigenvalue weighted by Crippen LogP contribution is 2.18. The number of piperazine rings is 1. The topological polar surface area (TPSA) is 53.6 Å². The number of nitrogens with one attached hydrogen (secondary N) is 2. The van der Waals surface area contributed by atoms with Gasteiger partial charge in [-0.3, -0.25) is 9.69 Å². The first kappa shape index (κ1) is 17.8. The number of carbonyl (C=O) groups is 1. The molecule has 0 aliphatic carbocycles. The molecule has 1 aliphatic rings. The van der Waals surface area contributed by atoms with Crippen molar-refractivity contribution >= 4 is 5.91 Å². The Bertz CT molecular complexity index is 468. The molecule has 0 atom stereocenters. The van der Waals surface area contributed by atoms with Crippen molar-refractivity contribution < 1.29 is 9.53 Å². The summed E-state index contributed by atoms with van der Waals surface area (Å²) in [5.41, 5.74) is 1.29. The van der Waals surface area contributed by atoms with Crippen LogP contribution in [0, 0.1) is 0 Å². The zero-order valence-corrected chi connectivity index (χ0v) is 14.3. The number of amides is 1. The maximum atomic E-state index is 11.8. The molecule has 0 radical (unpaired) electrons. The van der Waals surface area contributed by atoms with Crippen LogP contribution in [0.4, 0.5) is 0 Å². The Morgan fingerprint density at radius 3 is 2.61 bits per heavy atom. The number of hydrogen-bond donors (Lipinski definition) is 2.